The molecule has 1 aliphatic rings. The van der Waals surface area contributed by atoms with Crippen LogP contribution in [0.15, 0.2) is 0 Å². The third-order valence-corrected chi connectivity index (χ3v) is 2.58. The zero-order chi connectivity index (χ0) is 12.6. The van der Waals surface area contributed by atoms with Gasteiger partial charge in [0, 0.05) is 0 Å². The molecule has 1 rings (SSSR count). The van der Waals surface area contributed by atoms with Gasteiger partial charge in [-0.3, -0.25) is 4.52 Å². The Morgan fingerprint density at radius 2 is 2.00 bits per heavy atom. The predicted molar refractivity (Wildman–Crippen MR) is 45.8 cm³/mol. The Balaban J connectivity index is 2.67. The van der Waals surface area contributed by atoms with Crippen molar-refractivity contribution in [2.75, 3.05) is 13.3 Å². The second-order valence-electron chi connectivity index (χ2n) is 3.35. The smallest absolute Gasteiger partial charge is 0.387 e. The summed E-state index contributed by atoms with van der Waals surface area (Å²) < 4.78 is 31.1. The van der Waals surface area contributed by atoms with Crippen molar-refractivity contribution in [2.45, 2.75) is 24.1 Å². The van der Waals surface area contributed by atoms with Gasteiger partial charge in [0.15, 0.2) is 0 Å². The van der Waals surface area contributed by atoms with Crippen molar-refractivity contribution < 1.29 is 43.3 Å². The maximum Gasteiger partial charge on any atom is 0.469 e. The van der Waals surface area contributed by atoms with Gasteiger partial charge in [0.1, 0.15) is 31.6 Å². The molecule has 1 heterocycles. The van der Waals surface area contributed by atoms with Crippen LogP contribution in [0.3, 0.4) is 0 Å². The van der Waals surface area contributed by atoms with Crippen molar-refractivity contribution in [1.29, 1.82) is 0 Å². The van der Waals surface area contributed by atoms with E-state index in [0.29, 0.717) is 0 Å². The Labute approximate surface area is 89.5 Å². The zero-order valence-electron chi connectivity index (χ0n) is 7.93. The number of phosphoric acid groups is 1. The fourth-order valence-electron chi connectivity index (χ4n) is 1.29. The van der Waals surface area contributed by atoms with Crippen molar-refractivity contribution in [2.24, 2.45) is 0 Å². The highest BCUT2D eigenvalue weighted by atomic mass is 31.2. The zero-order valence-corrected chi connectivity index (χ0v) is 8.83. The van der Waals surface area contributed by atoms with E-state index >= 15 is 0 Å². The molecule has 0 amide bonds. The molecule has 1 unspecified atom stereocenters. The monoisotopic (exact) mass is 262 g/mol. The van der Waals surface area contributed by atoms with E-state index in [1.807, 2.05) is 0 Å². The molecule has 0 spiro atoms. The first-order chi connectivity index (χ1) is 7.19. The fraction of sp³-hybridized carbons (Fsp3) is 1.00. The third kappa shape index (κ3) is 2.96. The average molecular weight is 262 g/mol. The third-order valence-electron chi connectivity index (χ3n) is 2.11. The van der Waals surface area contributed by atoms with Crippen LogP contribution >= 0.6 is 7.82 Å². The van der Waals surface area contributed by atoms with Crippen molar-refractivity contribution in [3.63, 3.8) is 0 Å². The van der Waals surface area contributed by atoms with Crippen LogP contribution in [-0.2, 0) is 13.8 Å². The molecule has 96 valence electrons. The Hall–Kier alpha value is -0.120. The summed E-state index contributed by atoms with van der Waals surface area (Å²) in [6.07, 6.45) is -5.09. The lowest BCUT2D eigenvalue weighted by Gasteiger charge is -2.25. The minimum atomic E-state index is -4.86. The Bertz CT molecular complexity index is 294. The summed E-state index contributed by atoms with van der Waals surface area (Å²) in [5.74, 6) is -2.54. The molecule has 0 aromatic carbocycles. The standard InChI is InChI=1S/C6H12FO8P/c7-1-3-4(8)5(9)6(10,15-3)2-14-16(11,12)13/h3-5,8-10H,1-2H2,(H2,11,12,13)/t3-,4-,5+,6?/m0/s1. The van der Waals surface area contributed by atoms with E-state index < -0.39 is 45.2 Å². The molecule has 0 aromatic heterocycles. The summed E-state index contributed by atoms with van der Waals surface area (Å²) in [7, 11) is -4.86. The van der Waals surface area contributed by atoms with Crippen LogP contribution in [0.25, 0.3) is 0 Å². The van der Waals surface area contributed by atoms with E-state index in [2.05, 4.69) is 9.26 Å². The number of ether oxygens (including phenoxy) is 1. The van der Waals surface area contributed by atoms with Gasteiger partial charge in [-0.2, -0.15) is 0 Å². The molecule has 8 nitrogen and oxygen atoms in total. The van der Waals surface area contributed by atoms with E-state index in [-0.39, 0.29) is 0 Å². The lowest BCUT2D eigenvalue weighted by atomic mass is 10.1. The number of halogens is 1. The van der Waals surface area contributed by atoms with Crippen molar-refractivity contribution in [1.82, 2.24) is 0 Å². The molecule has 0 aromatic rings. The molecule has 0 saturated carbocycles. The van der Waals surface area contributed by atoms with E-state index in [1.54, 1.807) is 0 Å². The van der Waals surface area contributed by atoms with Gasteiger partial charge >= 0.3 is 7.82 Å². The Kier molecular flexibility index (Phi) is 4.04. The lowest BCUT2D eigenvalue weighted by Crippen LogP contribution is -2.46. The summed E-state index contributed by atoms with van der Waals surface area (Å²) in [5, 5.41) is 28.0. The quantitative estimate of drug-likeness (QED) is 0.362. The predicted octanol–water partition coefficient (Wildman–Crippen LogP) is -2.13. The molecule has 16 heavy (non-hydrogen) atoms. The minimum absolute atomic E-state index is 1.09. The molecule has 4 atom stereocenters. The molecular weight excluding hydrogens is 250 g/mol. The van der Waals surface area contributed by atoms with Gasteiger partial charge in [-0.15, -0.1) is 0 Å². The summed E-state index contributed by atoms with van der Waals surface area (Å²) in [4.78, 5) is 16.7. The van der Waals surface area contributed by atoms with Gasteiger partial charge in [0.25, 0.3) is 0 Å². The number of hydrogen-bond acceptors (Lipinski definition) is 6. The number of rotatable bonds is 4. The van der Waals surface area contributed by atoms with Crippen LogP contribution < -0.4 is 0 Å². The minimum Gasteiger partial charge on any atom is -0.387 e. The Morgan fingerprint density at radius 1 is 1.44 bits per heavy atom. The highest BCUT2D eigenvalue weighted by Gasteiger charge is 2.54. The second-order valence-corrected chi connectivity index (χ2v) is 4.59. The summed E-state index contributed by atoms with van der Waals surface area (Å²) in [5.41, 5.74) is 0. The molecule has 1 saturated heterocycles. The first-order valence-corrected chi connectivity index (χ1v) is 5.75. The van der Waals surface area contributed by atoms with Crippen molar-refractivity contribution in [3.8, 4) is 0 Å². The van der Waals surface area contributed by atoms with Crippen molar-refractivity contribution in [3.05, 3.63) is 0 Å². The van der Waals surface area contributed by atoms with E-state index in [9.17, 15) is 24.3 Å². The van der Waals surface area contributed by atoms with Crippen LogP contribution in [0, 0.1) is 0 Å². The number of alkyl halides is 1. The lowest BCUT2D eigenvalue weighted by molar-refractivity contribution is -0.244. The summed E-state index contributed by atoms with van der Waals surface area (Å²) in [6, 6.07) is 0. The van der Waals surface area contributed by atoms with E-state index in [4.69, 9.17) is 9.79 Å². The number of aliphatic hydroxyl groups is 3. The first-order valence-electron chi connectivity index (χ1n) is 4.22. The number of hydrogen-bond donors (Lipinski definition) is 5. The summed E-state index contributed by atoms with van der Waals surface area (Å²) >= 11 is 0. The average Bonchev–Trinajstić information content (AvgIpc) is 2.40. The molecule has 1 fully saturated rings. The van der Waals surface area contributed by atoms with Crippen LogP contribution in [0.5, 0.6) is 0 Å². The van der Waals surface area contributed by atoms with Crippen LogP contribution in [-0.4, -0.2) is 62.5 Å². The van der Waals surface area contributed by atoms with E-state index in [1.165, 1.54) is 0 Å². The maximum absolute atomic E-state index is 12.2. The highest BCUT2D eigenvalue weighted by Crippen LogP contribution is 2.39. The SMILES string of the molecule is O=P(O)(O)OCC1(O)O[C@@H](CF)[C@H](O)[C@H]1O. The summed E-state index contributed by atoms with van der Waals surface area (Å²) in [6.45, 7) is -2.26. The van der Waals surface area contributed by atoms with Gasteiger partial charge in [-0.1, -0.05) is 0 Å². The van der Waals surface area contributed by atoms with Gasteiger partial charge in [-0.05, 0) is 0 Å². The first kappa shape index (κ1) is 13.9. The maximum atomic E-state index is 12.2. The van der Waals surface area contributed by atoms with Crippen molar-refractivity contribution >= 4 is 7.82 Å². The number of aliphatic hydroxyl groups excluding tert-OH is 2. The molecular formula is C6H12FO8P. The molecule has 0 bridgehead atoms. The normalized spacial score (nSPS) is 40.2. The number of phosphoric ester groups is 1. The molecule has 10 heteroatoms. The van der Waals surface area contributed by atoms with Crippen LogP contribution in [0.4, 0.5) is 4.39 Å². The second kappa shape index (κ2) is 4.63. The van der Waals surface area contributed by atoms with Gasteiger partial charge < -0.3 is 29.8 Å². The van der Waals surface area contributed by atoms with Gasteiger partial charge in [-0.25, -0.2) is 8.96 Å². The van der Waals surface area contributed by atoms with E-state index in [0.717, 1.165) is 0 Å². The Morgan fingerprint density at radius 3 is 2.38 bits per heavy atom. The fourth-order valence-corrected chi connectivity index (χ4v) is 1.64. The molecule has 0 radical (unpaired) electrons. The highest BCUT2D eigenvalue weighted by molar-refractivity contribution is 7.46. The molecule has 0 aliphatic carbocycles. The largest absolute Gasteiger partial charge is 0.469 e. The van der Waals surface area contributed by atoms with Gasteiger partial charge in [0.05, 0.1) is 0 Å². The van der Waals surface area contributed by atoms with Crippen LogP contribution in [0.2, 0.25) is 0 Å². The van der Waals surface area contributed by atoms with Crippen LogP contribution in [0.1, 0.15) is 0 Å². The van der Waals surface area contributed by atoms with Gasteiger partial charge in [0.2, 0.25) is 5.79 Å². The topological polar surface area (TPSA) is 137 Å². The molecule has 5 N–H and O–H groups in total. The molecule has 1 aliphatic heterocycles.